The van der Waals surface area contributed by atoms with Crippen molar-refractivity contribution in [2.75, 3.05) is 6.61 Å². The summed E-state index contributed by atoms with van der Waals surface area (Å²) < 4.78 is 5.40. The fourth-order valence-corrected chi connectivity index (χ4v) is 4.31. The number of hydrogen-bond acceptors (Lipinski definition) is 2. The van der Waals surface area contributed by atoms with Crippen LogP contribution in [0.1, 0.15) is 168 Å². The van der Waals surface area contributed by atoms with Gasteiger partial charge in [0, 0.05) is 6.42 Å². The maximum Gasteiger partial charge on any atom is 0.305 e. The Labute approximate surface area is 208 Å². The molecule has 33 heavy (non-hydrogen) atoms. The Balaban J connectivity index is 3.20. The van der Waals surface area contributed by atoms with Gasteiger partial charge in [0.15, 0.2) is 0 Å². The van der Waals surface area contributed by atoms with Gasteiger partial charge >= 0.3 is 5.97 Å². The summed E-state index contributed by atoms with van der Waals surface area (Å²) in [5.74, 6) is 0.875. The molecule has 0 radical (unpaired) electrons. The first kappa shape index (κ1) is 32.2. The van der Waals surface area contributed by atoms with Gasteiger partial charge in [-0.3, -0.25) is 4.79 Å². The number of esters is 1. The molecule has 0 aliphatic rings. The molecule has 0 spiro atoms. The fourth-order valence-electron chi connectivity index (χ4n) is 4.31. The lowest BCUT2D eigenvalue weighted by Crippen LogP contribution is -2.05. The van der Waals surface area contributed by atoms with Gasteiger partial charge in [0.1, 0.15) is 0 Å². The van der Waals surface area contributed by atoms with E-state index in [4.69, 9.17) is 4.74 Å². The highest BCUT2D eigenvalue weighted by Gasteiger charge is 2.02. The molecular weight excluding hydrogens is 404 g/mol. The molecule has 0 unspecified atom stereocenters. The summed E-state index contributed by atoms with van der Waals surface area (Å²) in [5, 5.41) is 0. The average molecular weight is 465 g/mol. The number of rotatable bonds is 26. The van der Waals surface area contributed by atoms with E-state index in [9.17, 15) is 4.79 Å². The van der Waals surface area contributed by atoms with E-state index < -0.39 is 0 Å². The molecule has 2 heteroatoms. The second-order valence-corrected chi connectivity index (χ2v) is 10.6. The van der Waals surface area contributed by atoms with Crippen molar-refractivity contribution in [1.29, 1.82) is 0 Å². The Morgan fingerprint density at radius 2 is 1.06 bits per heavy atom. The molecule has 0 bridgehead atoms. The molecule has 2 nitrogen and oxygen atoms in total. The zero-order chi connectivity index (χ0) is 24.2. The highest BCUT2D eigenvalue weighted by Crippen LogP contribution is 2.14. The van der Waals surface area contributed by atoms with Gasteiger partial charge in [-0.2, -0.15) is 0 Å². The highest BCUT2D eigenvalue weighted by atomic mass is 16.5. The number of carbonyl (C=O) groups excluding carboxylic acids is 1. The molecule has 0 N–H and O–H groups in total. The van der Waals surface area contributed by atoms with Crippen molar-refractivity contribution >= 4 is 5.97 Å². The molecule has 0 aromatic rings. The van der Waals surface area contributed by atoms with Crippen LogP contribution < -0.4 is 0 Å². The predicted molar refractivity (Wildman–Crippen MR) is 147 cm³/mol. The van der Waals surface area contributed by atoms with Gasteiger partial charge in [-0.1, -0.05) is 136 Å². The lowest BCUT2D eigenvalue weighted by atomic mass is 10.0. The summed E-state index contributed by atoms with van der Waals surface area (Å²) in [6.07, 6.45) is 33.9. The maximum absolute atomic E-state index is 11.8. The third-order valence-electron chi connectivity index (χ3n) is 6.58. The first-order chi connectivity index (χ1) is 16.2. The molecule has 0 heterocycles. The van der Waals surface area contributed by atoms with Crippen molar-refractivity contribution in [3.05, 3.63) is 12.2 Å². The largest absolute Gasteiger partial charge is 0.466 e. The van der Waals surface area contributed by atoms with E-state index in [0.717, 1.165) is 25.2 Å². The van der Waals surface area contributed by atoms with Crippen LogP contribution in [-0.2, 0) is 9.53 Å². The second-order valence-electron chi connectivity index (χ2n) is 10.6. The Bertz CT molecular complexity index is 413. The van der Waals surface area contributed by atoms with Crippen molar-refractivity contribution in [1.82, 2.24) is 0 Å². The number of allylic oxidation sites excluding steroid dienone is 2. The lowest BCUT2D eigenvalue weighted by Gasteiger charge is -2.06. The van der Waals surface area contributed by atoms with Gasteiger partial charge in [-0.15, -0.1) is 0 Å². The standard InChI is InChI=1S/C31H60O2/c1-4-5-6-7-8-9-10-11-12-16-19-22-25-28-31(32)33-29-26-23-20-17-14-13-15-18-21-24-27-30(2)3/h9-10,30H,4-8,11-29H2,1-3H3/b10-9-. The normalized spacial score (nSPS) is 11.6. The van der Waals surface area contributed by atoms with Crippen LogP contribution >= 0.6 is 0 Å². The number of ether oxygens (including phenoxy) is 1. The van der Waals surface area contributed by atoms with E-state index in [0.29, 0.717) is 13.0 Å². The monoisotopic (exact) mass is 464 g/mol. The molecule has 0 saturated heterocycles. The maximum atomic E-state index is 11.8. The zero-order valence-electron chi connectivity index (χ0n) is 23.0. The van der Waals surface area contributed by atoms with E-state index >= 15 is 0 Å². The van der Waals surface area contributed by atoms with Crippen LogP contribution in [-0.4, -0.2) is 12.6 Å². The van der Waals surface area contributed by atoms with Crippen LogP contribution in [0.25, 0.3) is 0 Å². The van der Waals surface area contributed by atoms with Gasteiger partial charge in [-0.05, 0) is 44.4 Å². The Kier molecular flexibility index (Phi) is 26.8. The SMILES string of the molecule is CCCCCC/C=C\CCCCCCCC(=O)OCCCCCCCCCCCCC(C)C. The van der Waals surface area contributed by atoms with Gasteiger partial charge in [0.25, 0.3) is 0 Å². The van der Waals surface area contributed by atoms with Crippen LogP contribution in [0.5, 0.6) is 0 Å². The van der Waals surface area contributed by atoms with Gasteiger partial charge < -0.3 is 4.74 Å². The van der Waals surface area contributed by atoms with Crippen molar-refractivity contribution < 1.29 is 9.53 Å². The van der Waals surface area contributed by atoms with Crippen LogP contribution in [0.3, 0.4) is 0 Å². The van der Waals surface area contributed by atoms with Gasteiger partial charge in [-0.25, -0.2) is 0 Å². The van der Waals surface area contributed by atoms with Crippen LogP contribution in [0.2, 0.25) is 0 Å². The third kappa shape index (κ3) is 29.2. The molecule has 0 aliphatic heterocycles. The smallest absolute Gasteiger partial charge is 0.305 e. The summed E-state index contributed by atoms with van der Waals surface area (Å²) in [4.78, 5) is 11.8. The van der Waals surface area contributed by atoms with Crippen LogP contribution in [0.4, 0.5) is 0 Å². The van der Waals surface area contributed by atoms with Crippen molar-refractivity contribution in [3.8, 4) is 0 Å². The zero-order valence-corrected chi connectivity index (χ0v) is 23.0. The summed E-state index contributed by atoms with van der Waals surface area (Å²) in [6.45, 7) is 7.53. The Morgan fingerprint density at radius 1 is 0.606 bits per heavy atom. The molecule has 0 saturated carbocycles. The summed E-state index contributed by atoms with van der Waals surface area (Å²) in [6, 6.07) is 0. The quantitative estimate of drug-likeness (QED) is 0.0722. The first-order valence-corrected chi connectivity index (χ1v) is 15.0. The van der Waals surface area contributed by atoms with Crippen LogP contribution in [0, 0.1) is 5.92 Å². The van der Waals surface area contributed by atoms with Gasteiger partial charge in [0.2, 0.25) is 0 Å². The second kappa shape index (κ2) is 27.5. The van der Waals surface area contributed by atoms with Gasteiger partial charge in [0.05, 0.1) is 6.61 Å². The average Bonchev–Trinajstić information content (AvgIpc) is 2.79. The molecule has 0 aliphatic carbocycles. The Hall–Kier alpha value is -0.790. The molecule has 196 valence electrons. The minimum Gasteiger partial charge on any atom is -0.466 e. The van der Waals surface area contributed by atoms with E-state index in [1.165, 1.54) is 122 Å². The number of carbonyl (C=O) groups is 1. The minimum atomic E-state index is 0.0125. The number of hydrogen-bond donors (Lipinski definition) is 0. The molecule has 0 amide bonds. The van der Waals surface area contributed by atoms with Crippen molar-refractivity contribution in [2.24, 2.45) is 5.92 Å². The summed E-state index contributed by atoms with van der Waals surface area (Å²) in [7, 11) is 0. The third-order valence-corrected chi connectivity index (χ3v) is 6.58. The summed E-state index contributed by atoms with van der Waals surface area (Å²) >= 11 is 0. The molecule has 0 fully saturated rings. The van der Waals surface area contributed by atoms with Crippen molar-refractivity contribution in [3.63, 3.8) is 0 Å². The Morgan fingerprint density at radius 3 is 1.61 bits per heavy atom. The van der Waals surface area contributed by atoms with Crippen LogP contribution in [0.15, 0.2) is 12.2 Å². The van der Waals surface area contributed by atoms with E-state index in [-0.39, 0.29) is 5.97 Å². The number of unbranched alkanes of at least 4 members (excludes halogenated alkanes) is 18. The molecule has 0 rings (SSSR count). The molecular formula is C31H60O2. The van der Waals surface area contributed by atoms with Crippen molar-refractivity contribution in [2.45, 2.75) is 168 Å². The highest BCUT2D eigenvalue weighted by molar-refractivity contribution is 5.69. The molecule has 0 aromatic carbocycles. The predicted octanol–water partition coefficient (Wildman–Crippen LogP) is 10.7. The lowest BCUT2D eigenvalue weighted by molar-refractivity contribution is -0.143. The first-order valence-electron chi connectivity index (χ1n) is 15.0. The summed E-state index contributed by atoms with van der Waals surface area (Å²) in [5.41, 5.74) is 0. The van der Waals surface area contributed by atoms with E-state index in [1.807, 2.05) is 0 Å². The minimum absolute atomic E-state index is 0.0125. The van der Waals surface area contributed by atoms with E-state index in [1.54, 1.807) is 0 Å². The fraction of sp³-hybridized carbons (Fsp3) is 0.903. The van der Waals surface area contributed by atoms with E-state index in [2.05, 4.69) is 32.9 Å². The molecule has 0 atom stereocenters. The molecule has 0 aromatic heterocycles. The topological polar surface area (TPSA) is 26.3 Å².